The van der Waals surface area contributed by atoms with Crippen LogP contribution in [0.25, 0.3) is 10.9 Å². The zero-order valence-corrected chi connectivity index (χ0v) is 14.1. The molecular formula is C18H20N4O3. The van der Waals surface area contributed by atoms with Gasteiger partial charge >= 0.3 is 5.97 Å². The molecule has 25 heavy (non-hydrogen) atoms. The van der Waals surface area contributed by atoms with Gasteiger partial charge in [-0.2, -0.15) is 5.10 Å². The molecule has 0 saturated carbocycles. The summed E-state index contributed by atoms with van der Waals surface area (Å²) in [5.74, 6) is -1.44. The maximum Gasteiger partial charge on any atom is 0.326 e. The Bertz CT molecular complexity index is 925. The molecule has 2 heterocycles. The molecule has 0 aliphatic rings. The average molecular weight is 340 g/mol. The lowest BCUT2D eigenvalue weighted by molar-refractivity contribution is -0.141. The Hall–Kier alpha value is -3.09. The number of amides is 1. The maximum atomic E-state index is 12.2. The Labute approximate surface area is 144 Å². The number of aryl methyl sites for hydroxylation is 2. The van der Waals surface area contributed by atoms with Crippen molar-refractivity contribution in [1.29, 1.82) is 0 Å². The van der Waals surface area contributed by atoms with Gasteiger partial charge in [-0.15, -0.1) is 0 Å². The number of para-hydroxylation sites is 1. The number of carboxylic acid groups (broad SMARTS) is 1. The lowest BCUT2D eigenvalue weighted by Crippen LogP contribution is -2.43. The Morgan fingerprint density at radius 2 is 2.08 bits per heavy atom. The molecule has 1 unspecified atom stereocenters. The van der Waals surface area contributed by atoms with E-state index in [1.165, 1.54) is 0 Å². The van der Waals surface area contributed by atoms with Crippen molar-refractivity contribution in [2.24, 2.45) is 0 Å². The largest absolute Gasteiger partial charge is 0.480 e. The molecule has 7 nitrogen and oxygen atoms in total. The maximum absolute atomic E-state index is 12.2. The molecule has 0 bridgehead atoms. The highest BCUT2D eigenvalue weighted by Gasteiger charge is 2.22. The third-order valence-corrected chi connectivity index (χ3v) is 4.13. The number of H-pyrrole nitrogens is 1. The first-order valence-electron chi connectivity index (χ1n) is 8.02. The molecule has 3 N–H and O–H groups in total. The van der Waals surface area contributed by atoms with Gasteiger partial charge in [0.2, 0.25) is 5.91 Å². The van der Waals surface area contributed by atoms with Gasteiger partial charge in [-0.3, -0.25) is 9.48 Å². The molecule has 0 spiro atoms. The van der Waals surface area contributed by atoms with Crippen molar-refractivity contribution in [3.8, 4) is 0 Å². The fraction of sp³-hybridized carbons (Fsp3) is 0.278. The summed E-state index contributed by atoms with van der Waals surface area (Å²) in [5.41, 5.74) is 3.47. The first-order chi connectivity index (χ1) is 11.9. The SMILES string of the molecule is Cc1cc(C)n(CC(=O)NC(Cc2c[nH]c3ccccc23)C(=O)O)n1. The number of aromatic amines is 1. The first-order valence-corrected chi connectivity index (χ1v) is 8.02. The van der Waals surface area contributed by atoms with Crippen molar-refractivity contribution < 1.29 is 14.7 Å². The van der Waals surface area contributed by atoms with E-state index in [1.807, 2.05) is 44.2 Å². The molecular weight excluding hydrogens is 320 g/mol. The minimum atomic E-state index is -1.06. The number of benzene rings is 1. The van der Waals surface area contributed by atoms with E-state index in [1.54, 1.807) is 10.9 Å². The molecule has 1 aromatic carbocycles. The van der Waals surface area contributed by atoms with E-state index in [-0.39, 0.29) is 18.9 Å². The molecule has 130 valence electrons. The third-order valence-electron chi connectivity index (χ3n) is 4.13. The van der Waals surface area contributed by atoms with Gasteiger partial charge < -0.3 is 15.4 Å². The number of carboxylic acids is 1. The fourth-order valence-electron chi connectivity index (χ4n) is 2.93. The van der Waals surface area contributed by atoms with Crippen LogP contribution in [0.2, 0.25) is 0 Å². The van der Waals surface area contributed by atoms with Crippen LogP contribution in [-0.4, -0.2) is 37.8 Å². The van der Waals surface area contributed by atoms with Crippen LogP contribution >= 0.6 is 0 Å². The molecule has 0 aliphatic carbocycles. The predicted octanol–water partition coefficient (Wildman–Crippen LogP) is 1.79. The zero-order chi connectivity index (χ0) is 18.0. The molecule has 1 atom stereocenters. The van der Waals surface area contributed by atoms with Crippen LogP contribution in [0.3, 0.4) is 0 Å². The lowest BCUT2D eigenvalue weighted by Gasteiger charge is -2.14. The second-order valence-electron chi connectivity index (χ2n) is 6.11. The Morgan fingerprint density at radius 1 is 1.32 bits per heavy atom. The van der Waals surface area contributed by atoms with Crippen molar-refractivity contribution in [1.82, 2.24) is 20.1 Å². The monoisotopic (exact) mass is 340 g/mol. The van der Waals surface area contributed by atoms with Gasteiger partial charge in [0.05, 0.1) is 5.69 Å². The summed E-state index contributed by atoms with van der Waals surface area (Å²) in [6.07, 6.45) is 2.00. The molecule has 0 aliphatic heterocycles. The molecule has 0 fully saturated rings. The van der Waals surface area contributed by atoms with Gasteiger partial charge in [0.15, 0.2) is 0 Å². The van der Waals surface area contributed by atoms with E-state index in [2.05, 4.69) is 15.4 Å². The molecule has 2 aromatic heterocycles. The van der Waals surface area contributed by atoms with Crippen molar-refractivity contribution in [3.05, 3.63) is 53.5 Å². The van der Waals surface area contributed by atoms with Crippen LogP contribution < -0.4 is 5.32 Å². The molecule has 0 saturated heterocycles. The van der Waals surface area contributed by atoms with Gasteiger partial charge in [-0.05, 0) is 31.5 Å². The van der Waals surface area contributed by atoms with E-state index >= 15 is 0 Å². The zero-order valence-electron chi connectivity index (χ0n) is 14.1. The summed E-state index contributed by atoms with van der Waals surface area (Å²) in [6.45, 7) is 3.70. The summed E-state index contributed by atoms with van der Waals surface area (Å²) in [6, 6.07) is 8.54. The number of carbonyl (C=O) groups is 2. The quantitative estimate of drug-likeness (QED) is 0.637. The predicted molar refractivity (Wildman–Crippen MR) is 93.3 cm³/mol. The topological polar surface area (TPSA) is 100 Å². The number of rotatable bonds is 6. The smallest absolute Gasteiger partial charge is 0.326 e. The first kappa shape index (κ1) is 16.8. The van der Waals surface area contributed by atoms with Crippen LogP contribution in [0, 0.1) is 13.8 Å². The average Bonchev–Trinajstić information content (AvgIpc) is 3.10. The van der Waals surface area contributed by atoms with Crippen molar-refractivity contribution in [2.75, 3.05) is 0 Å². The summed E-state index contributed by atoms with van der Waals surface area (Å²) >= 11 is 0. The normalized spacial score (nSPS) is 12.2. The van der Waals surface area contributed by atoms with Gasteiger partial charge in [0, 0.05) is 29.2 Å². The van der Waals surface area contributed by atoms with Gasteiger partial charge in [-0.1, -0.05) is 18.2 Å². The molecule has 1 amide bonds. The highest BCUT2D eigenvalue weighted by atomic mass is 16.4. The number of hydrogen-bond donors (Lipinski definition) is 3. The molecule has 3 aromatic rings. The summed E-state index contributed by atoms with van der Waals surface area (Å²) in [4.78, 5) is 26.9. The number of hydrogen-bond acceptors (Lipinski definition) is 3. The highest BCUT2D eigenvalue weighted by molar-refractivity contribution is 5.86. The van der Waals surface area contributed by atoms with E-state index < -0.39 is 12.0 Å². The van der Waals surface area contributed by atoms with Gasteiger partial charge in [0.1, 0.15) is 12.6 Å². The summed E-state index contributed by atoms with van der Waals surface area (Å²) in [7, 11) is 0. The Balaban J connectivity index is 1.72. The van der Waals surface area contributed by atoms with Crippen LogP contribution in [0.5, 0.6) is 0 Å². The standard InChI is InChI=1S/C18H20N4O3/c1-11-7-12(2)22(21-11)10-17(23)20-16(18(24)25)8-13-9-19-15-6-4-3-5-14(13)15/h3-7,9,16,19H,8,10H2,1-2H3,(H,20,23)(H,24,25). The van der Waals surface area contributed by atoms with Gasteiger partial charge in [-0.25, -0.2) is 4.79 Å². The van der Waals surface area contributed by atoms with Crippen molar-refractivity contribution in [3.63, 3.8) is 0 Å². The van der Waals surface area contributed by atoms with Gasteiger partial charge in [0.25, 0.3) is 0 Å². The summed E-state index contributed by atoms with van der Waals surface area (Å²) in [5, 5.41) is 17.2. The summed E-state index contributed by atoms with van der Waals surface area (Å²) < 4.78 is 1.56. The highest BCUT2D eigenvalue weighted by Crippen LogP contribution is 2.19. The fourth-order valence-corrected chi connectivity index (χ4v) is 2.93. The number of fused-ring (bicyclic) bond motifs is 1. The van der Waals surface area contributed by atoms with E-state index in [4.69, 9.17) is 0 Å². The molecule has 3 rings (SSSR count). The van der Waals surface area contributed by atoms with Crippen LogP contribution in [0.4, 0.5) is 0 Å². The van der Waals surface area contributed by atoms with Crippen molar-refractivity contribution >= 4 is 22.8 Å². The van der Waals surface area contributed by atoms with E-state index in [0.717, 1.165) is 27.9 Å². The number of aromatic nitrogens is 3. The third kappa shape index (κ3) is 3.71. The Morgan fingerprint density at radius 3 is 2.76 bits per heavy atom. The molecule has 0 radical (unpaired) electrons. The number of carbonyl (C=O) groups excluding carboxylic acids is 1. The number of aliphatic carboxylic acids is 1. The van der Waals surface area contributed by atoms with Crippen LogP contribution in [0.1, 0.15) is 17.0 Å². The molecule has 7 heteroatoms. The number of nitrogens with one attached hydrogen (secondary N) is 2. The van der Waals surface area contributed by atoms with E-state index in [0.29, 0.717) is 0 Å². The Kier molecular flexibility index (Phi) is 4.56. The van der Waals surface area contributed by atoms with E-state index in [9.17, 15) is 14.7 Å². The minimum Gasteiger partial charge on any atom is -0.480 e. The van der Waals surface area contributed by atoms with Crippen molar-refractivity contribution in [2.45, 2.75) is 32.9 Å². The van der Waals surface area contributed by atoms with Crippen LogP contribution in [-0.2, 0) is 22.6 Å². The number of nitrogens with zero attached hydrogens (tertiary/aromatic N) is 2. The minimum absolute atomic E-state index is 0.00264. The lowest BCUT2D eigenvalue weighted by atomic mass is 10.1. The van der Waals surface area contributed by atoms with Crippen LogP contribution in [0.15, 0.2) is 36.5 Å². The second kappa shape index (κ2) is 6.80. The second-order valence-corrected chi connectivity index (χ2v) is 6.11.